The van der Waals surface area contributed by atoms with Crippen LogP contribution in [0.5, 0.6) is 0 Å². The van der Waals surface area contributed by atoms with Crippen molar-refractivity contribution in [3.8, 4) is 0 Å². The van der Waals surface area contributed by atoms with Gasteiger partial charge >= 0.3 is 0 Å². The average molecular weight is 234 g/mol. The standard InChI is InChI=1S/C15H22O2/c1-15(2,17)10-12-8-5-7-11-6-3-4-9-13(11)14(12)16/h3-4,6,9,12,14,16-17H,5,7-8,10H2,1-2H3. The molecule has 1 aromatic rings. The molecule has 0 radical (unpaired) electrons. The monoisotopic (exact) mass is 234 g/mol. The Morgan fingerprint density at radius 1 is 1.29 bits per heavy atom. The molecule has 0 saturated carbocycles. The summed E-state index contributed by atoms with van der Waals surface area (Å²) in [6.07, 6.45) is 3.34. The van der Waals surface area contributed by atoms with E-state index in [2.05, 4.69) is 6.07 Å². The number of aliphatic hydroxyl groups excluding tert-OH is 1. The minimum atomic E-state index is -0.703. The van der Waals surface area contributed by atoms with E-state index >= 15 is 0 Å². The molecule has 2 atom stereocenters. The van der Waals surface area contributed by atoms with Gasteiger partial charge < -0.3 is 10.2 Å². The summed E-state index contributed by atoms with van der Waals surface area (Å²) in [6, 6.07) is 8.13. The van der Waals surface area contributed by atoms with E-state index in [0.717, 1.165) is 24.8 Å². The molecule has 1 aliphatic carbocycles. The van der Waals surface area contributed by atoms with Gasteiger partial charge in [-0.15, -0.1) is 0 Å². The highest BCUT2D eigenvalue weighted by Gasteiger charge is 2.29. The maximum absolute atomic E-state index is 10.5. The van der Waals surface area contributed by atoms with E-state index < -0.39 is 11.7 Å². The number of hydrogen-bond donors (Lipinski definition) is 2. The van der Waals surface area contributed by atoms with Crippen molar-refractivity contribution in [2.75, 3.05) is 0 Å². The van der Waals surface area contributed by atoms with Crippen LogP contribution in [0.1, 0.15) is 50.3 Å². The number of benzene rings is 1. The predicted molar refractivity (Wildman–Crippen MR) is 68.7 cm³/mol. The van der Waals surface area contributed by atoms with Crippen LogP contribution in [0.15, 0.2) is 24.3 Å². The SMILES string of the molecule is CC(C)(O)CC1CCCc2ccccc2C1O. The molecular formula is C15H22O2. The topological polar surface area (TPSA) is 40.5 Å². The van der Waals surface area contributed by atoms with Crippen LogP contribution in [0, 0.1) is 5.92 Å². The normalized spacial score (nSPS) is 25.2. The molecule has 0 aliphatic heterocycles. The Morgan fingerprint density at radius 3 is 2.71 bits per heavy atom. The summed E-state index contributed by atoms with van der Waals surface area (Å²) < 4.78 is 0. The smallest absolute Gasteiger partial charge is 0.0821 e. The molecule has 17 heavy (non-hydrogen) atoms. The number of aryl methyl sites for hydroxylation is 1. The lowest BCUT2D eigenvalue weighted by molar-refractivity contribution is 0.0107. The van der Waals surface area contributed by atoms with Gasteiger partial charge in [0, 0.05) is 0 Å². The molecule has 2 rings (SSSR count). The van der Waals surface area contributed by atoms with E-state index in [4.69, 9.17) is 0 Å². The summed E-state index contributed by atoms with van der Waals surface area (Å²) in [5, 5.41) is 20.4. The molecule has 2 N–H and O–H groups in total. The molecule has 2 heteroatoms. The van der Waals surface area contributed by atoms with Gasteiger partial charge in [0.1, 0.15) is 0 Å². The summed E-state index contributed by atoms with van der Waals surface area (Å²) in [5.74, 6) is 0.165. The third-order valence-corrected chi connectivity index (χ3v) is 3.60. The fraction of sp³-hybridized carbons (Fsp3) is 0.600. The molecule has 0 spiro atoms. The number of rotatable bonds is 2. The Hall–Kier alpha value is -0.860. The summed E-state index contributed by atoms with van der Waals surface area (Å²) in [7, 11) is 0. The first kappa shape index (κ1) is 12.6. The molecule has 1 aromatic carbocycles. The number of hydrogen-bond acceptors (Lipinski definition) is 2. The first-order valence-electron chi connectivity index (χ1n) is 6.45. The van der Waals surface area contributed by atoms with Crippen LogP contribution in [-0.2, 0) is 6.42 Å². The van der Waals surface area contributed by atoms with Crippen molar-refractivity contribution in [2.45, 2.75) is 51.2 Å². The van der Waals surface area contributed by atoms with Crippen molar-refractivity contribution < 1.29 is 10.2 Å². The summed E-state index contributed by atoms with van der Waals surface area (Å²) in [4.78, 5) is 0. The van der Waals surface area contributed by atoms with E-state index in [1.165, 1.54) is 5.56 Å². The first-order chi connectivity index (χ1) is 7.97. The molecule has 94 valence electrons. The van der Waals surface area contributed by atoms with E-state index in [-0.39, 0.29) is 5.92 Å². The minimum Gasteiger partial charge on any atom is -0.390 e. The van der Waals surface area contributed by atoms with Crippen LogP contribution in [0.4, 0.5) is 0 Å². The lowest BCUT2D eigenvalue weighted by atomic mass is 9.85. The molecule has 0 bridgehead atoms. The van der Waals surface area contributed by atoms with Crippen LogP contribution >= 0.6 is 0 Å². The van der Waals surface area contributed by atoms with Crippen molar-refractivity contribution in [3.05, 3.63) is 35.4 Å². The molecule has 0 fully saturated rings. The Balaban J connectivity index is 2.23. The van der Waals surface area contributed by atoms with Crippen LogP contribution in [0.3, 0.4) is 0 Å². The molecule has 0 aromatic heterocycles. The van der Waals surface area contributed by atoms with Gasteiger partial charge in [0.15, 0.2) is 0 Å². The van der Waals surface area contributed by atoms with Gasteiger partial charge in [-0.2, -0.15) is 0 Å². The Kier molecular flexibility index (Phi) is 3.55. The maximum Gasteiger partial charge on any atom is 0.0821 e. The van der Waals surface area contributed by atoms with Gasteiger partial charge in [-0.25, -0.2) is 0 Å². The van der Waals surface area contributed by atoms with Crippen molar-refractivity contribution in [2.24, 2.45) is 5.92 Å². The van der Waals surface area contributed by atoms with E-state index in [1.807, 2.05) is 32.0 Å². The third kappa shape index (κ3) is 3.08. The van der Waals surface area contributed by atoms with Crippen molar-refractivity contribution in [3.63, 3.8) is 0 Å². The first-order valence-corrected chi connectivity index (χ1v) is 6.45. The zero-order valence-electron chi connectivity index (χ0n) is 10.7. The third-order valence-electron chi connectivity index (χ3n) is 3.60. The van der Waals surface area contributed by atoms with E-state index in [0.29, 0.717) is 6.42 Å². The Bertz CT molecular complexity index is 379. The quantitative estimate of drug-likeness (QED) is 0.772. The number of fused-ring (bicyclic) bond motifs is 1. The average Bonchev–Trinajstić information content (AvgIpc) is 2.39. The second-order valence-electron chi connectivity index (χ2n) is 5.81. The summed E-state index contributed by atoms with van der Waals surface area (Å²) in [5.41, 5.74) is 1.61. The highest BCUT2D eigenvalue weighted by molar-refractivity contribution is 5.30. The van der Waals surface area contributed by atoms with Gasteiger partial charge in [-0.3, -0.25) is 0 Å². The van der Waals surface area contributed by atoms with Gasteiger partial charge in [0.05, 0.1) is 11.7 Å². The zero-order chi connectivity index (χ0) is 12.5. The lowest BCUT2D eigenvalue weighted by Crippen LogP contribution is -2.26. The van der Waals surface area contributed by atoms with Crippen LogP contribution < -0.4 is 0 Å². The molecule has 2 nitrogen and oxygen atoms in total. The molecule has 1 aliphatic rings. The number of aliphatic hydroxyl groups is 2. The molecular weight excluding hydrogens is 212 g/mol. The largest absolute Gasteiger partial charge is 0.390 e. The van der Waals surface area contributed by atoms with Crippen LogP contribution in [0.2, 0.25) is 0 Å². The molecule has 0 saturated heterocycles. The second kappa shape index (κ2) is 4.79. The highest BCUT2D eigenvalue weighted by Crippen LogP contribution is 2.37. The fourth-order valence-electron chi connectivity index (χ4n) is 2.87. The fourth-order valence-corrected chi connectivity index (χ4v) is 2.87. The van der Waals surface area contributed by atoms with E-state index in [1.54, 1.807) is 0 Å². The maximum atomic E-state index is 10.5. The molecule has 0 amide bonds. The molecule has 0 heterocycles. The van der Waals surface area contributed by atoms with Gasteiger partial charge in [0.2, 0.25) is 0 Å². The zero-order valence-corrected chi connectivity index (χ0v) is 10.7. The predicted octanol–water partition coefficient (Wildman–Crippen LogP) is 2.83. The van der Waals surface area contributed by atoms with Gasteiger partial charge in [0.25, 0.3) is 0 Å². The lowest BCUT2D eigenvalue weighted by Gasteiger charge is -2.28. The van der Waals surface area contributed by atoms with Crippen molar-refractivity contribution in [1.82, 2.24) is 0 Å². The Labute approximate surface area is 103 Å². The van der Waals surface area contributed by atoms with Crippen LogP contribution in [-0.4, -0.2) is 15.8 Å². The van der Waals surface area contributed by atoms with Gasteiger partial charge in [-0.05, 0) is 56.6 Å². The molecule has 2 unspecified atom stereocenters. The Morgan fingerprint density at radius 2 is 2.00 bits per heavy atom. The van der Waals surface area contributed by atoms with Gasteiger partial charge in [-0.1, -0.05) is 24.3 Å². The summed E-state index contributed by atoms with van der Waals surface area (Å²) in [6.45, 7) is 3.63. The van der Waals surface area contributed by atoms with E-state index in [9.17, 15) is 10.2 Å². The minimum absolute atomic E-state index is 0.165. The highest BCUT2D eigenvalue weighted by atomic mass is 16.3. The summed E-state index contributed by atoms with van der Waals surface area (Å²) >= 11 is 0. The van der Waals surface area contributed by atoms with Crippen molar-refractivity contribution >= 4 is 0 Å². The second-order valence-corrected chi connectivity index (χ2v) is 5.81. The van der Waals surface area contributed by atoms with Crippen LogP contribution in [0.25, 0.3) is 0 Å². The van der Waals surface area contributed by atoms with Crippen molar-refractivity contribution in [1.29, 1.82) is 0 Å².